The second-order valence-corrected chi connectivity index (χ2v) is 8.94. The molecule has 0 spiro atoms. The Labute approximate surface area is 199 Å². The molecular weight excluding hydrogens is 454 g/mol. The van der Waals surface area contributed by atoms with Gasteiger partial charge < -0.3 is 9.30 Å². The van der Waals surface area contributed by atoms with E-state index in [4.69, 9.17) is 21.3 Å². The highest BCUT2D eigenvalue weighted by Crippen LogP contribution is 2.26. The number of pyridine rings is 1. The van der Waals surface area contributed by atoms with Gasteiger partial charge in [-0.05, 0) is 30.3 Å². The zero-order valence-corrected chi connectivity index (χ0v) is 19.4. The highest BCUT2D eigenvalue weighted by Gasteiger charge is 2.15. The smallest absolute Gasteiger partial charge is 0.280 e. The van der Waals surface area contributed by atoms with Crippen LogP contribution in [0.1, 0.15) is 10.4 Å². The highest BCUT2D eigenvalue weighted by molar-refractivity contribution is 7.16. The number of ether oxygens (including phenoxy) is 1. The first-order chi connectivity index (χ1) is 16.1. The van der Waals surface area contributed by atoms with E-state index in [1.165, 1.54) is 11.3 Å². The summed E-state index contributed by atoms with van der Waals surface area (Å²) in [6, 6.07) is 25.0. The van der Waals surface area contributed by atoms with Crippen molar-refractivity contribution in [3.63, 3.8) is 0 Å². The molecule has 0 saturated heterocycles. The molecule has 33 heavy (non-hydrogen) atoms. The van der Waals surface area contributed by atoms with Crippen molar-refractivity contribution in [2.45, 2.75) is 6.54 Å². The van der Waals surface area contributed by atoms with Gasteiger partial charge in [0, 0.05) is 29.6 Å². The van der Waals surface area contributed by atoms with E-state index in [-0.39, 0.29) is 5.91 Å². The number of hydrogen-bond acceptors (Lipinski definition) is 4. The first kappa shape index (κ1) is 21.5. The molecule has 0 atom stereocenters. The Balaban J connectivity index is 1.69. The van der Waals surface area contributed by atoms with Gasteiger partial charge in [-0.1, -0.05) is 71.5 Å². The number of carbonyl (C=O) groups excluding carboxylic acids is 1. The zero-order chi connectivity index (χ0) is 22.8. The maximum Gasteiger partial charge on any atom is 0.280 e. The number of rotatable bonds is 5. The lowest BCUT2D eigenvalue weighted by atomic mass is 10.0. The Morgan fingerprint density at radius 3 is 2.67 bits per heavy atom. The number of para-hydroxylation sites is 1. The minimum atomic E-state index is -0.311. The maximum atomic E-state index is 13.5. The van der Waals surface area contributed by atoms with E-state index in [1.807, 2.05) is 83.4 Å². The van der Waals surface area contributed by atoms with Gasteiger partial charge in [-0.3, -0.25) is 4.79 Å². The third kappa shape index (κ3) is 4.33. The van der Waals surface area contributed by atoms with Gasteiger partial charge in [-0.25, -0.2) is 4.98 Å². The molecule has 0 bridgehead atoms. The molecule has 0 radical (unpaired) electrons. The molecule has 3 aromatic carbocycles. The van der Waals surface area contributed by atoms with E-state index in [9.17, 15) is 4.79 Å². The lowest BCUT2D eigenvalue weighted by Gasteiger charge is -2.08. The summed E-state index contributed by atoms with van der Waals surface area (Å²) in [5.74, 6) is -0.311. The predicted octanol–water partition coefficient (Wildman–Crippen LogP) is 5.96. The normalized spacial score (nSPS) is 12.0. The summed E-state index contributed by atoms with van der Waals surface area (Å²) in [6.07, 6.45) is 0. The number of benzene rings is 3. The van der Waals surface area contributed by atoms with Crippen molar-refractivity contribution in [3.8, 4) is 11.3 Å². The number of carbonyl (C=O) groups is 1. The van der Waals surface area contributed by atoms with Crippen molar-refractivity contribution < 1.29 is 9.53 Å². The Morgan fingerprint density at radius 1 is 1.06 bits per heavy atom. The van der Waals surface area contributed by atoms with Gasteiger partial charge in [-0.15, -0.1) is 0 Å². The van der Waals surface area contributed by atoms with Crippen LogP contribution in [-0.4, -0.2) is 29.2 Å². The van der Waals surface area contributed by atoms with Crippen molar-refractivity contribution in [3.05, 3.63) is 94.3 Å². The fourth-order valence-corrected chi connectivity index (χ4v) is 5.12. The summed E-state index contributed by atoms with van der Waals surface area (Å²) in [5, 5.41) is 1.42. The largest absolute Gasteiger partial charge is 0.383 e. The Kier molecular flexibility index (Phi) is 6.05. The fourth-order valence-electron chi connectivity index (χ4n) is 3.79. The molecule has 0 unspecified atom stereocenters. The molecule has 2 heterocycles. The van der Waals surface area contributed by atoms with Gasteiger partial charge >= 0.3 is 0 Å². The average Bonchev–Trinajstić information content (AvgIpc) is 3.18. The van der Waals surface area contributed by atoms with Crippen molar-refractivity contribution in [2.75, 3.05) is 13.7 Å². The average molecular weight is 474 g/mol. The molecule has 7 heteroatoms. The molecule has 2 aromatic heterocycles. The van der Waals surface area contributed by atoms with Crippen LogP contribution in [0.15, 0.2) is 83.9 Å². The summed E-state index contributed by atoms with van der Waals surface area (Å²) in [6.45, 7) is 1.09. The SMILES string of the molecule is COCCn1c(=NC(=O)c2cc(-c3ccccc3)nc3ccccc23)sc2cc(Cl)ccc21. The van der Waals surface area contributed by atoms with Crippen LogP contribution >= 0.6 is 22.9 Å². The number of fused-ring (bicyclic) bond motifs is 2. The van der Waals surface area contributed by atoms with E-state index in [2.05, 4.69) is 4.99 Å². The second kappa shape index (κ2) is 9.27. The third-order valence-electron chi connectivity index (χ3n) is 5.38. The standard InChI is InChI=1S/C26H20ClN3O2S/c1-32-14-13-30-23-12-11-18(27)15-24(23)33-26(30)29-25(31)20-16-22(17-7-3-2-4-8-17)28-21-10-6-5-9-19(20)21/h2-12,15-16H,13-14H2,1H3. The molecular formula is C26H20ClN3O2S. The molecule has 0 aliphatic heterocycles. The minimum absolute atomic E-state index is 0.311. The summed E-state index contributed by atoms with van der Waals surface area (Å²) >= 11 is 7.63. The van der Waals surface area contributed by atoms with E-state index >= 15 is 0 Å². The molecule has 5 nitrogen and oxygen atoms in total. The van der Waals surface area contributed by atoms with Crippen LogP contribution in [-0.2, 0) is 11.3 Å². The van der Waals surface area contributed by atoms with Crippen LogP contribution in [0.25, 0.3) is 32.4 Å². The van der Waals surface area contributed by atoms with Crippen LogP contribution in [0.3, 0.4) is 0 Å². The lowest BCUT2D eigenvalue weighted by Crippen LogP contribution is -2.19. The molecule has 5 rings (SSSR count). The third-order valence-corrected chi connectivity index (χ3v) is 6.65. The van der Waals surface area contributed by atoms with Gasteiger partial charge in [0.05, 0.1) is 33.6 Å². The van der Waals surface area contributed by atoms with Gasteiger partial charge in [0.1, 0.15) is 0 Å². The lowest BCUT2D eigenvalue weighted by molar-refractivity contribution is 0.0999. The fraction of sp³-hybridized carbons (Fsp3) is 0.115. The van der Waals surface area contributed by atoms with Crippen LogP contribution in [0.5, 0.6) is 0 Å². The Bertz CT molecular complexity index is 1540. The highest BCUT2D eigenvalue weighted by atomic mass is 35.5. The molecule has 0 aliphatic carbocycles. The molecule has 1 amide bonds. The van der Waals surface area contributed by atoms with Crippen LogP contribution in [0.2, 0.25) is 5.02 Å². The Hall–Kier alpha value is -3.32. The van der Waals surface area contributed by atoms with Crippen molar-refractivity contribution in [1.82, 2.24) is 9.55 Å². The molecule has 0 saturated carbocycles. The number of nitrogens with zero attached hydrogens (tertiary/aromatic N) is 3. The van der Waals surface area contributed by atoms with Crippen molar-refractivity contribution in [1.29, 1.82) is 0 Å². The molecule has 5 aromatic rings. The van der Waals surface area contributed by atoms with Gasteiger partial charge in [0.15, 0.2) is 4.80 Å². The number of halogens is 1. The maximum absolute atomic E-state index is 13.5. The quantitative estimate of drug-likeness (QED) is 0.316. The number of thiazole rings is 1. The van der Waals surface area contributed by atoms with E-state index in [0.717, 1.165) is 32.4 Å². The van der Waals surface area contributed by atoms with E-state index < -0.39 is 0 Å². The predicted molar refractivity (Wildman–Crippen MR) is 134 cm³/mol. The van der Waals surface area contributed by atoms with Crippen LogP contribution < -0.4 is 4.80 Å². The van der Waals surface area contributed by atoms with Gasteiger partial charge in [0.25, 0.3) is 5.91 Å². The summed E-state index contributed by atoms with van der Waals surface area (Å²) in [7, 11) is 1.65. The van der Waals surface area contributed by atoms with Crippen molar-refractivity contribution in [2.24, 2.45) is 4.99 Å². The monoisotopic (exact) mass is 473 g/mol. The first-order valence-electron chi connectivity index (χ1n) is 10.5. The van der Waals surface area contributed by atoms with Crippen LogP contribution in [0, 0.1) is 0 Å². The molecule has 0 fully saturated rings. The number of aromatic nitrogens is 2. The number of methoxy groups -OCH3 is 1. The van der Waals surface area contributed by atoms with E-state index in [1.54, 1.807) is 7.11 Å². The molecule has 164 valence electrons. The van der Waals surface area contributed by atoms with Gasteiger partial charge in [0.2, 0.25) is 0 Å². The number of amides is 1. The molecule has 0 N–H and O–H groups in total. The zero-order valence-electron chi connectivity index (χ0n) is 17.9. The second-order valence-electron chi connectivity index (χ2n) is 7.50. The Morgan fingerprint density at radius 2 is 1.85 bits per heavy atom. The minimum Gasteiger partial charge on any atom is -0.383 e. The van der Waals surface area contributed by atoms with Gasteiger partial charge in [-0.2, -0.15) is 4.99 Å². The topological polar surface area (TPSA) is 56.5 Å². The van der Waals surface area contributed by atoms with Crippen molar-refractivity contribution >= 4 is 50.0 Å². The van der Waals surface area contributed by atoms with Crippen LogP contribution in [0.4, 0.5) is 0 Å². The summed E-state index contributed by atoms with van der Waals surface area (Å²) < 4.78 is 8.24. The molecule has 0 aliphatic rings. The summed E-state index contributed by atoms with van der Waals surface area (Å²) in [5.41, 5.74) is 3.94. The number of hydrogen-bond donors (Lipinski definition) is 0. The summed E-state index contributed by atoms with van der Waals surface area (Å²) in [4.78, 5) is 23.5. The van der Waals surface area contributed by atoms with E-state index in [0.29, 0.717) is 28.5 Å². The first-order valence-corrected chi connectivity index (χ1v) is 11.7.